The Morgan fingerprint density at radius 1 is 1.07 bits per heavy atom. The molecule has 1 amide bonds. The van der Waals surface area contributed by atoms with E-state index >= 15 is 0 Å². The van der Waals surface area contributed by atoms with Gasteiger partial charge in [-0.2, -0.15) is 5.10 Å². The summed E-state index contributed by atoms with van der Waals surface area (Å²) in [6, 6.07) is 17.5. The SMILES string of the molecule is COc1cccc(-c2cc(C(=O)N3CCOCC3)n(-c3ccc(C)cc3)n2)c1. The number of benzene rings is 2. The third-order valence-corrected chi connectivity index (χ3v) is 4.87. The van der Waals surface area contributed by atoms with Gasteiger partial charge in [0.05, 0.1) is 31.7 Å². The molecule has 1 aliphatic heterocycles. The van der Waals surface area contributed by atoms with Gasteiger partial charge in [0.15, 0.2) is 0 Å². The normalized spacial score (nSPS) is 14.1. The number of aryl methyl sites for hydroxylation is 1. The number of nitrogens with zero attached hydrogens (tertiary/aromatic N) is 3. The molecule has 0 aliphatic carbocycles. The third-order valence-electron chi connectivity index (χ3n) is 4.87. The number of morpholine rings is 1. The quantitative estimate of drug-likeness (QED) is 0.700. The minimum Gasteiger partial charge on any atom is -0.497 e. The van der Waals surface area contributed by atoms with Crippen molar-refractivity contribution >= 4 is 5.91 Å². The van der Waals surface area contributed by atoms with Gasteiger partial charge in [-0.05, 0) is 37.3 Å². The summed E-state index contributed by atoms with van der Waals surface area (Å²) < 4.78 is 12.4. The van der Waals surface area contributed by atoms with E-state index in [1.54, 1.807) is 11.8 Å². The lowest BCUT2D eigenvalue weighted by molar-refractivity contribution is 0.0297. The first-order chi connectivity index (χ1) is 13.7. The van der Waals surface area contributed by atoms with Gasteiger partial charge in [-0.25, -0.2) is 4.68 Å². The highest BCUT2D eigenvalue weighted by Gasteiger charge is 2.24. The van der Waals surface area contributed by atoms with Crippen molar-refractivity contribution in [2.24, 2.45) is 0 Å². The Bertz CT molecular complexity index is 973. The fraction of sp³-hybridized carbons (Fsp3) is 0.273. The van der Waals surface area contributed by atoms with Crippen LogP contribution in [0.25, 0.3) is 16.9 Å². The van der Waals surface area contributed by atoms with Crippen LogP contribution < -0.4 is 4.74 Å². The molecule has 6 heteroatoms. The lowest BCUT2D eigenvalue weighted by atomic mass is 10.1. The van der Waals surface area contributed by atoms with Crippen LogP contribution in [0.1, 0.15) is 16.1 Å². The van der Waals surface area contributed by atoms with E-state index < -0.39 is 0 Å². The molecule has 0 radical (unpaired) electrons. The molecule has 1 aromatic heterocycles. The monoisotopic (exact) mass is 377 g/mol. The van der Waals surface area contributed by atoms with Crippen LogP contribution in [0.4, 0.5) is 0 Å². The van der Waals surface area contributed by atoms with Crippen LogP contribution in [0.2, 0.25) is 0 Å². The average molecular weight is 377 g/mol. The summed E-state index contributed by atoms with van der Waals surface area (Å²) in [5.41, 5.74) is 4.20. The van der Waals surface area contributed by atoms with E-state index in [1.807, 2.05) is 66.4 Å². The van der Waals surface area contributed by atoms with Crippen LogP contribution in [0.15, 0.2) is 54.6 Å². The van der Waals surface area contributed by atoms with Crippen LogP contribution in [-0.2, 0) is 4.74 Å². The molecule has 0 unspecified atom stereocenters. The van der Waals surface area contributed by atoms with Crippen LogP contribution in [0.5, 0.6) is 5.75 Å². The number of carbonyl (C=O) groups is 1. The average Bonchev–Trinajstić information content (AvgIpc) is 3.20. The Morgan fingerprint density at radius 2 is 1.82 bits per heavy atom. The molecule has 28 heavy (non-hydrogen) atoms. The second-order valence-electron chi connectivity index (χ2n) is 6.80. The Morgan fingerprint density at radius 3 is 2.54 bits per heavy atom. The lowest BCUT2D eigenvalue weighted by Gasteiger charge is -2.26. The lowest BCUT2D eigenvalue weighted by Crippen LogP contribution is -2.41. The number of hydrogen-bond donors (Lipinski definition) is 0. The molecule has 2 heterocycles. The van der Waals surface area contributed by atoms with Crippen LogP contribution in [-0.4, -0.2) is 54.0 Å². The smallest absolute Gasteiger partial charge is 0.272 e. The van der Waals surface area contributed by atoms with Crippen molar-refractivity contribution in [2.75, 3.05) is 33.4 Å². The first-order valence-electron chi connectivity index (χ1n) is 9.34. The summed E-state index contributed by atoms with van der Waals surface area (Å²) in [6.07, 6.45) is 0. The number of methoxy groups -OCH3 is 1. The van der Waals surface area contributed by atoms with E-state index in [0.717, 1.165) is 28.3 Å². The minimum absolute atomic E-state index is 0.0366. The van der Waals surface area contributed by atoms with Crippen molar-refractivity contribution in [3.05, 3.63) is 65.9 Å². The topological polar surface area (TPSA) is 56.6 Å². The third kappa shape index (κ3) is 3.64. The zero-order valence-electron chi connectivity index (χ0n) is 16.1. The van der Waals surface area contributed by atoms with Crippen LogP contribution in [0.3, 0.4) is 0 Å². The molecule has 1 fully saturated rings. The molecule has 0 atom stereocenters. The van der Waals surface area contributed by atoms with Gasteiger partial charge in [-0.1, -0.05) is 29.8 Å². The summed E-state index contributed by atoms with van der Waals surface area (Å²) in [5.74, 6) is 0.717. The molecular formula is C22H23N3O3. The number of ether oxygens (including phenoxy) is 2. The Hall–Kier alpha value is -3.12. The van der Waals surface area contributed by atoms with E-state index in [9.17, 15) is 4.79 Å². The molecule has 0 spiro atoms. The van der Waals surface area contributed by atoms with Crippen molar-refractivity contribution in [3.8, 4) is 22.7 Å². The molecule has 6 nitrogen and oxygen atoms in total. The Kier molecular flexibility index (Phi) is 5.12. The van der Waals surface area contributed by atoms with Crippen molar-refractivity contribution in [2.45, 2.75) is 6.92 Å². The van der Waals surface area contributed by atoms with E-state index in [1.165, 1.54) is 0 Å². The van der Waals surface area contributed by atoms with Crippen molar-refractivity contribution in [1.82, 2.24) is 14.7 Å². The molecule has 3 aromatic rings. The van der Waals surface area contributed by atoms with Gasteiger partial charge >= 0.3 is 0 Å². The summed E-state index contributed by atoms with van der Waals surface area (Å²) in [7, 11) is 1.64. The van der Waals surface area contributed by atoms with E-state index in [2.05, 4.69) is 0 Å². The van der Waals surface area contributed by atoms with Gasteiger partial charge in [-0.15, -0.1) is 0 Å². The number of carbonyl (C=O) groups excluding carboxylic acids is 1. The minimum atomic E-state index is -0.0366. The molecule has 2 aromatic carbocycles. The van der Waals surface area contributed by atoms with Gasteiger partial charge in [0.2, 0.25) is 0 Å². The molecule has 0 bridgehead atoms. The van der Waals surface area contributed by atoms with Gasteiger partial charge < -0.3 is 14.4 Å². The maximum Gasteiger partial charge on any atom is 0.272 e. The molecule has 0 N–H and O–H groups in total. The summed E-state index contributed by atoms with van der Waals surface area (Å²) in [6.45, 7) is 4.34. The fourth-order valence-electron chi connectivity index (χ4n) is 3.27. The summed E-state index contributed by atoms with van der Waals surface area (Å²) >= 11 is 0. The highest BCUT2D eigenvalue weighted by molar-refractivity contribution is 5.94. The Balaban J connectivity index is 1.79. The Labute approximate surface area is 164 Å². The predicted molar refractivity (Wildman–Crippen MR) is 107 cm³/mol. The first-order valence-corrected chi connectivity index (χ1v) is 9.34. The molecule has 4 rings (SSSR count). The van der Waals surface area contributed by atoms with Crippen LogP contribution in [0, 0.1) is 6.92 Å². The molecule has 1 aliphatic rings. The zero-order chi connectivity index (χ0) is 19.5. The standard InChI is InChI=1S/C22H23N3O3/c1-16-6-8-18(9-7-16)25-21(22(26)24-10-12-28-13-11-24)15-20(23-25)17-4-3-5-19(14-17)27-2/h3-9,14-15H,10-13H2,1-2H3. The number of rotatable bonds is 4. The van der Waals surface area contributed by atoms with E-state index in [-0.39, 0.29) is 5.91 Å². The number of aromatic nitrogens is 2. The predicted octanol–water partition coefficient (Wildman–Crippen LogP) is 3.33. The van der Waals surface area contributed by atoms with Crippen molar-refractivity contribution in [3.63, 3.8) is 0 Å². The second-order valence-corrected chi connectivity index (χ2v) is 6.80. The van der Waals surface area contributed by atoms with Crippen LogP contribution >= 0.6 is 0 Å². The van der Waals surface area contributed by atoms with Crippen molar-refractivity contribution in [1.29, 1.82) is 0 Å². The maximum absolute atomic E-state index is 13.2. The maximum atomic E-state index is 13.2. The van der Waals surface area contributed by atoms with Gasteiger partial charge in [0.1, 0.15) is 11.4 Å². The highest BCUT2D eigenvalue weighted by atomic mass is 16.5. The zero-order valence-corrected chi connectivity index (χ0v) is 16.1. The molecule has 0 saturated carbocycles. The molecule has 1 saturated heterocycles. The number of amides is 1. The molecule has 144 valence electrons. The highest BCUT2D eigenvalue weighted by Crippen LogP contribution is 2.26. The largest absolute Gasteiger partial charge is 0.497 e. The fourth-order valence-corrected chi connectivity index (χ4v) is 3.27. The van der Waals surface area contributed by atoms with Gasteiger partial charge in [-0.3, -0.25) is 4.79 Å². The van der Waals surface area contributed by atoms with Gasteiger partial charge in [0, 0.05) is 18.7 Å². The summed E-state index contributed by atoms with van der Waals surface area (Å²) in [4.78, 5) is 15.0. The second kappa shape index (κ2) is 7.86. The first kappa shape index (κ1) is 18.3. The molecular weight excluding hydrogens is 354 g/mol. The van der Waals surface area contributed by atoms with Crippen molar-refractivity contribution < 1.29 is 14.3 Å². The van der Waals surface area contributed by atoms with E-state index in [0.29, 0.717) is 32.0 Å². The van der Waals surface area contributed by atoms with Gasteiger partial charge in [0.25, 0.3) is 5.91 Å². The summed E-state index contributed by atoms with van der Waals surface area (Å²) in [5, 5.41) is 4.75. The van der Waals surface area contributed by atoms with E-state index in [4.69, 9.17) is 14.6 Å². The number of hydrogen-bond acceptors (Lipinski definition) is 4.